The van der Waals surface area contributed by atoms with Gasteiger partial charge >= 0.3 is 12.2 Å². The summed E-state index contributed by atoms with van der Waals surface area (Å²) in [5.74, 6) is 0.398. The molecule has 0 aliphatic carbocycles. The summed E-state index contributed by atoms with van der Waals surface area (Å²) in [5.41, 5.74) is 0.747. The molecular weight excluding hydrogens is 358 g/mol. The molecule has 0 aromatic heterocycles. The molecule has 2 aliphatic rings. The molecule has 0 bridgehead atoms. The molecule has 0 radical (unpaired) electrons. The Morgan fingerprint density at radius 2 is 2.08 bits per heavy atom. The zero-order valence-electron chi connectivity index (χ0n) is 13.4. The Bertz CT molecular complexity index is 640. The Hall–Kier alpha value is -1.48. The van der Waals surface area contributed by atoms with E-state index in [0.29, 0.717) is 30.0 Å². The number of likely N-dealkylation sites (tertiary alicyclic amines) is 1. The quantitative estimate of drug-likeness (QED) is 0.795. The second-order valence-electron chi connectivity index (χ2n) is 6.30. The van der Waals surface area contributed by atoms with Crippen molar-refractivity contribution in [2.75, 3.05) is 25.4 Å². The fraction of sp³-hybridized carbons (Fsp3) is 0.562. The fourth-order valence-electron chi connectivity index (χ4n) is 3.27. The summed E-state index contributed by atoms with van der Waals surface area (Å²) in [6.45, 7) is -0.476. The van der Waals surface area contributed by atoms with Crippen LogP contribution in [0.15, 0.2) is 23.1 Å². The molecule has 0 spiro atoms. The number of fused-ring (bicyclic) bond motifs is 1. The van der Waals surface area contributed by atoms with Crippen LogP contribution in [0.4, 0.5) is 22.4 Å². The molecule has 2 N–H and O–H groups in total. The second kappa shape index (κ2) is 7.41. The number of thioether (sulfide) groups is 1. The maximum atomic E-state index is 13.8. The summed E-state index contributed by atoms with van der Waals surface area (Å²) >= 11 is 1.42. The van der Waals surface area contributed by atoms with Gasteiger partial charge in [-0.15, -0.1) is 11.8 Å². The van der Waals surface area contributed by atoms with E-state index >= 15 is 0 Å². The second-order valence-corrected chi connectivity index (χ2v) is 7.41. The van der Waals surface area contributed by atoms with Gasteiger partial charge in [-0.25, -0.2) is 9.18 Å². The maximum absolute atomic E-state index is 13.8. The van der Waals surface area contributed by atoms with Crippen molar-refractivity contribution in [2.24, 2.45) is 0 Å². The molecule has 1 aromatic carbocycles. The minimum Gasteiger partial charge on any atom is -0.334 e. The van der Waals surface area contributed by atoms with E-state index in [1.807, 2.05) is 0 Å². The van der Waals surface area contributed by atoms with Crippen LogP contribution in [0, 0.1) is 5.82 Å². The van der Waals surface area contributed by atoms with Gasteiger partial charge in [0, 0.05) is 29.8 Å². The van der Waals surface area contributed by atoms with E-state index in [1.165, 1.54) is 22.7 Å². The van der Waals surface area contributed by atoms with Crippen LogP contribution in [0.5, 0.6) is 0 Å². The summed E-state index contributed by atoms with van der Waals surface area (Å²) in [7, 11) is 0. The standard InChI is InChI=1S/C16H19F4N3OS/c17-12-3-1-2-11-13(5-7-25-14(11)12)22-15(24)21-10-4-6-23(8-10)9-16(18,19)20/h1-3,10,13H,4-9H2,(H2,21,22,24)/t10-,13-/m0/s1. The monoisotopic (exact) mass is 377 g/mol. The van der Waals surface area contributed by atoms with Crippen LogP contribution < -0.4 is 10.6 Å². The number of urea groups is 1. The number of hydrogen-bond acceptors (Lipinski definition) is 3. The molecule has 2 aliphatic heterocycles. The Morgan fingerprint density at radius 1 is 1.28 bits per heavy atom. The average Bonchev–Trinajstić information content (AvgIpc) is 2.93. The first-order valence-electron chi connectivity index (χ1n) is 8.09. The molecule has 4 nitrogen and oxygen atoms in total. The van der Waals surface area contributed by atoms with E-state index in [-0.39, 0.29) is 24.4 Å². The van der Waals surface area contributed by atoms with Crippen LogP contribution in [0.1, 0.15) is 24.4 Å². The van der Waals surface area contributed by atoms with Gasteiger partial charge in [0.05, 0.1) is 12.6 Å². The lowest BCUT2D eigenvalue weighted by Crippen LogP contribution is -2.45. The SMILES string of the molecule is O=C(N[C@H]1CCN(CC(F)(F)F)C1)N[C@H]1CCSc2c(F)cccc21. The Balaban J connectivity index is 1.54. The van der Waals surface area contributed by atoms with Gasteiger partial charge in [-0.1, -0.05) is 12.1 Å². The van der Waals surface area contributed by atoms with Gasteiger partial charge in [-0.05, 0) is 24.5 Å². The van der Waals surface area contributed by atoms with Crippen LogP contribution in [-0.4, -0.2) is 48.5 Å². The zero-order valence-corrected chi connectivity index (χ0v) is 14.2. The molecule has 25 heavy (non-hydrogen) atoms. The van der Waals surface area contributed by atoms with E-state index in [9.17, 15) is 22.4 Å². The lowest BCUT2D eigenvalue weighted by molar-refractivity contribution is -0.143. The van der Waals surface area contributed by atoms with Gasteiger partial charge in [0.2, 0.25) is 0 Å². The van der Waals surface area contributed by atoms with Crippen molar-refractivity contribution in [3.05, 3.63) is 29.6 Å². The largest absolute Gasteiger partial charge is 0.401 e. The number of alkyl halides is 3. The highest BCUT2D eigenvalue weighted by Gasteiger charge is 2.35. The third kappa shape index (κ3) is 4.78. The first-order chi connectivity index (χ1) is 11.8. The lowest BCUT2D eigenvalue weighted by Gasteiger charge is -2.27. The van der Waals surface area contributed by atoms with E-state index in [1.54, 1.807) is 12.1 Å². The topological polar surface area (TPSA) is 44.4 Å². The minimum absolute atomic E-state index is 0.179. The highest BCUT2D eigenvalue weighted by Crippen LogP contribution is 2.37. The lowest BCUT2D eigenvalue weighted by atomic mass is 10.0. The smallest absolute Gasteiger partial charge is 0.334 e. The summed E-state index contributed by atoms with van der Waals surface area (Å²) in [4.78, 5) is 14.0. The fourth-order valence-corrected chi connectivity index (χ4v) is 4.41. The number of benzene rings is 1. The Labute approximate surface area is 147 Å². The summed E-state index contributed by atoms with van der Waals surface area (Å²) in [6.07, 6.45) is -3.07. The van der Waals surface area contributed by atoms with Crippen LogP contribution >= 0.6 is 11.8 Å². The van der Waals surface area contributed by atoms with E-state index < -0.39 is 18.8 Å². The number of nitrogens with zero attached hydrogens (tertiary/aromatic N) is 1. The van der Waals surface area contributed by atoms with Gasteiger partial charge < -0.3 is 10.6 Å². The molecule has 0 saturated carbocycles. The van der Waals surface area contributed by atoms with Crippen molar-refractivity contribution in [3.8, 4) is 0 Å². The summed E-state index contributed by atoms with van der Waals surface area (Å²) in [6, 6.07) is 3.76. The predicted octanol–water partition coefficient (Wildman–Crippen LogP) is 3.30. The molecule has 0 unspecified atom stereocenters. The van der Waals surface area contributed by atoms with Crippen LogP contribution in [-0.2, 0) is 0 Å². The van der Waals surface area contributed by atoms with E-state index in [4.69, 9.17) is 0 Å². The summed E-state index contributed by atoms with van der Waals surface area (Å²) in [5, 5.41) is 5.55. The van der Waals surface area contributed by atoms with Crippen molar-refractivity contribution >= 4 is 17.8 Å². The van der Waals surface area contributed by atoms with Gasteiger partial charge in [-0.3, -0.25) is 4.90 Å². The third-order valence-corrected chi connectivity index (χ3v) is 5.50. The molecule has 2 heterocycles. The number of amides is 2. The first kappa shape index (κ1) is 18.3. The van der Waals surface area contributed by atoms with E-state index in [0.717, 1.165) is 5.56 Å². The highest BCUT2D eigenvalue weighted by molar-refractivity contribution is 7.99. The molecular formula is C16H19F4N3OS. The molecule has 138 valence electrons. The van der Waals surface area contributed by atoms with E-state index in [2.05, 4.69) is 10.6 Å². The van der Waals surface area contributed by atoms with Crippen molar-refractivity contribution in [1.82, 2.24) is 15.5 Å². The molecule has 2 amide bonds. The van der Waals surface area contributed by atoms with Crippen molar-refractivity contribution in [3.63, 3.8) is 0 Å². The summed E-state index contributed by atoms with van der Waals surface area (Å²) < 4.78 is 51.1. The number of nitrogens with one attached hydrogen (secondary N) is 2. The average molecular weight is 377 g/mol. The highest BCUT2D eigenvalue weighted by atomic mass is 32.2. The number of halogens is 4. The van der Waals surface area contributed by atoms with Gasteiger partial charge in [0.15, 0.2) is 0 Å². The first-order valence-corrected chi connectivity index (χ1v) is 9.08. The van der Waals surface area contributed by atoms with Crippen LogP contribution in [0.2, 0.25) is 0 Å². The van der Waals surface area contributed by atoms with Crippen LogP contribution in [0.25, 0.3) is 0 Å². The van der Waals surface area contributed by atoms with Crippen molar-refractivity contribution < 1.29 is 22.4 Å². The van der Waals surface area contributed by atoms with Gasteiger partial charge in [0.1, 0.15) is 5.82 Å². The molecule has 1 aromatic rings. The maximum Gasteiger partial charge on any atom is 0.401 e. The molecule has 1 saturated heterocycles. The minimum atomic E-state index is -4.23. The molecule has 9 heteroatoms. The Morgan fingerprint density at radius 3 is 2.84 bits per heavy atom. The van der Waals surface area contributed by atoms with Gasteiger partial charge in [0.25, 0.3) is 0 Å². The van der Waals surface area contributed by atoms with Crippen LogP contribution in [0.3, 0.4) is 0 Å². The normalized spacial score (nSPS) is 24.0. The number of carbonyl (C=O) groups excluding carboxylic acids is 1. The molecule has 1 fully saturated rings. The number of carbonyl (C=O) groups is 1. The molecule has 2 atom stereocenters. The number of hydrogen-bond donors (Lipinski definition) is 2. The van der Waals surface area contributed by atoms with Crippen molar-refractivity contribution in [2.45, 2.75) is 36.0 Å². The third-order valence-electron chi connectivity index (χ3n) is 4.34. The van der Waals surface area contributed by atoms with Gasteiger partial charge in [-0.2, -0.15) is 13.2 Å². The molecule has 3 rings (SSSR count). The Kier molecular flexibility index (Phi) is 5.43. The zero-order chi connectivity index (χ0) is 18.0. The van der Waals surface area contributed by atoms with Crippen molar-refractivity contribution in [1.29, 1.82) is 0 Å². The predicted molar refractivity (Wildman–Crippen MR) is 87.0 cm³/mol. The number of rotatable bonds is 3.